The van der Waals surface area contributed by atoms with Crippen LogP contribution in [-0.2, 0) is 4.79 Å². The van der Waals surface area contributed by atoms with Crippen molar-refractivity contribution in [3.63, 3.8) is 0 Å². The van der Waals surface area contributed by atoms with Crippen molar-refractivity contribution in [2.24, 2.45) is 0 Å². The summed E-state index contributed by atoms with van der Waals surface area (Å²) in [5.41, 5.74) is 0.207. The second kappa shape index (κ2) is 6.75. The van der Waals surface area contributed by atoms with Crippen LogP contribution in [0.4, 0.5) is 0 Å². The number of amides is 1. The molecule has 0 aromatic heterocycles. The van der Waals surface area contributed by atoms with E-state index in [9.17, 15) is 9.90 Å². The van der Waals surface area contributed by atoms with Crippen LogP contribution >= 0.6 is 0 Å². The highest BCUT2D eigenvalue weighted by atomic mass is 16.5. The van der Waals surface area contributed by atoms with Gasteiger partial charge in [-0.15, -0.1) is 0 Å². The number of ether oxygens (including phenoxy) is 1. The number of carbonyl (C=O) groups excluding carboxylic acids is 1. The second-order valence-corrected chi connectivity index (χ2v) is 5.94. The maximum absolute atomic E-state index is 12.1. The van der Waals surface area contributed by atoms with Gasteiger partial charge in [0.1, 0.15) is 5.75 Å². The van der Waals surface area contributed by atoms with Gasteiger partial charge in [0.2, 0.25) is 5.91 Å². The third-order valence-corrected chi connectivity index (χ3v) is 3.19. The van der Waals surface area contributed by atoms with Crippen molar-refractivity contribution < 1.29 is 14.6 Å². The largest absolute Gasteiger partial charge is 0.497 e. The number of benzene rings is 1. The Kier molecular flexibility index (Phi) is 5.57. The van der Waals surface area contributed by atoms with Crippen molar-refractivity contribution in [1.82, 2.24) is 4.90 Å². The minimum absolute atomic E-state index is 0.0300. The van der Waals surface area contributed by atoms with Crippen LogP contribution in [0.15, 0.2) is 24.3 Å². The first kappa shape index (κ1) is 16.5. The predicted molar refractivity (Wildman–Crippen MR) is 80.0 cm³/mol. The molecule has 0 aliphatic heterocycles. The molecular formula is C16H25NO3. The van der Waals surface area contributed by atoms with Crippen molar-refractivity contribution in [1.29, 1.82) is 0 Å². The van der Waals surface area contributed by atoms with E-state index < -0.39 is 5.60 Å². The highest BCUT2D eigenvalue weighted by Crippen LogP contribution is 2.23. The Labute approximate surface area is 121 Å². The van der Waals surface area contributed by atoms with Crippen LogP contribution in [0.3, 0.4) is 0 Å². The molecule has 1 unspecified atom stereocenters. The molecule has 1 atom stereocenters. The first-order valence-corrected chi connectivity index (χ1v) is 6.83. The fourth-order valence-electron chi connectivity index (χ4n) is 2.15. The predicted octanol–water partition coefficient (Wildman–Crippen LogP) is 2.42. The Balaban J connectivity index is 2.65. The molecule has 1 rings (SSSR count). The SMILES string of the molecule is COc1cccc(C(C)CC(=O)N(C)CC(C)(C)O)c1. The molecule has 0 bridgehead atoms. The number of carbonyl (C=O) groups is 1. The molecule has 0 aliphatic carbocycles. The topological polar surface area (TPSA) is 49.8 Å². The summed E-state index contributed by atoms with van der Waals surface area (Å²) in [7, 11) is 3.35. The number of methoxy groups -OCH3 is 1. The highest BCUT2D eigenvalue weighted by Gasteiger charge is 2.21. The van der Waals surface area contributed by atoms with Crippen LogP contribution < -0.4 is 4.74 Å². The van der Waals surface area contributed by atoms with Crippen molar-refractivity contribution >= 4 is 5.91 Å². The minimum Gasteiger partial charge on any atom is -0.497 e. The molecule has 0 heterocycles. The van der Waals surface area contributed by atoms with Gasteiger partial charge in [-0.1, -0.05) is 19.1 Å². The summed E-state index contributed by atoms with van der Waals surface area (Å²) in [5, 5.41) is 9.75. The van der Waals surface area contributed by atoms with E-state index >= 15 is 0 Å². The summed E-state index contributed by atoms with van der Waals surface area (Å²) in [6, 6.07) is 7.76. The lowest BCUT2D eigenvalue weighted by molar-refractivity contribution is -0.132. The van der Waals surface area contributed by atoms with Crippen LogP contribution in [0.1, 0.15) is 38.7 Å². The Hall–Kier alpha value is -1.55. The third-order valence-electron chi connectivity index (χ3n) is 3.19. The molecule has 1 amide bonds. The Morgan fingerprint density at radius 3 is 2.65 bits per heavy atom. The van der Waals surface area contributed by atoms with E-state index in [4.69, 9.17) is 4.74 Å². The Morgan fingerprint density at radius 2 is 2.10 bits per heavy atom. The molecule has 0 fully saturated rings. The van der Waals surface area contributed by atoms with E-state index in [2.05, 4.69) is 0 Å². The molecule has 4 nitrogen and oxygen atoms in total. The van der Waals surface area contributed by atoms with E-state index in [1.54, 1.807) is 32.9 Å². The van der Waals surface area contributed by atoms with E-state index in [-0.39, 0.29) is 11.8 Å². The molecule has 0 aliphatic rings. The minimum atomic E-state index is -0.871. The number of hydrogen-bond acceptors (Lipinski definition) is 3. The first-order valence-electron chi connectivity index (χ1n) is 6.83. The molecule has 4 heteroatoms. The van der Waals surface area contributed by atoms with Crippen LogP contribution in [0.5, 0.6) is 5.75 Å². The zero-order valence-corrected chi connectivity index (χ0v) is 13.0. The highest BCUT2D eigenvalue weighted by molar-refractivity contribution is 5.76. The summed E-state index contributed by atoms with van der Waals surface area (Å²) >= 11 is 0. The lowest BCUT2D eigenvalue weighted by Gasteiger charge is -2.26. The van der Waals surface area contributed by atoms with Crippen LogP contribution in [-0.4, -0.2) is 42.2 Å². The van der Waals surface area contributed by atoms with Gasteiger partial charge in [0.15, 0.2) is 0 Å². The molecule has 1 aromatic carbocycles. The van der Waals surface area contributed by atoms with Gasteiger partial charge < -0.3 is 14.7 Å². The molecular weight excluding hydrogens is 254 g/mol. The van der Waals surface area contributed by atoms with Crippen LogP contribution in [0.25, 0.3) is 0 Å². The van der Waals surface area contributed by atoms with Gasteiger partial charge in [0, 0.05) is 20.0 Å². The van der Waals surface area contributed by atoms with Crippen molar-refractivity contribution in [2.45, 2.75) is 38.7 Å². The quantitative estimate of drug-likeness (QED) is 0.870. The summed E-state index contributed by atoms with van der Waals surface area (Å²) in [6.07, 6.45) is 0.416. The normalized spacial score (nSPS) is 12.9. The van der Waals surface area contributed by atoms with E-state index in [1.807, 2.05) is 31.2 Å². The molecule has 112 valence electrons. The number of rotatable bonds is 6. The van der Waals surface area contributed by atoms with E-state index in [0.29, 0.717) is 13.0 Å². The lowest BCUT2D eigenvalue weighted by atomic mass is 9.96. The smallest absolute Gasteiger partial charge is 0.223 e. The fourth-order valence-corrected chi connectivity index (χ4v) is 2.15. The monoisotopic (exact) mass is 279 g/mol. The zero-order valence-electron chi connectivity index (χ0n) is 13.0. The van der Waals surface area contributed by atoms with Gasteiger partial charge in [-0.2, -0.15) is 0 Å². The zero-order chi connectivity index (χ0) is 15.3. The van der Waals surface area contributed by atoms with Crippen molar-refractivity contribution in [2.75, 3.05) is 20.7 Å². The molecule has 1 aromatic rings. The maximum Gasteiger partial charge on any atom is 0.223 e. The van der Waals surface area contributed by atoms with Gasteiger partial charge in [0.25, 0.3) is 0 Å². The van der Waals surface area contributed by atoms with Gasteiger partial charge >= 0.3 is 0 Å². The molecule has 0 saturated carbocycles. The lowest BCUT2D eigenvalue weighted by Crippen LogP contribution is -2.40. The van der Waals surface area contributed by atoms with Crippen molar-refractivity contribution in [3.8, 4) is 5.75 Å². The average molecular weight is 279 g/mol. The van der Waals surface area contributed by atoms with Crippen LogP contribution in [0.2, 0.25) is 0 Å². The van der Waals surface area contributed by atoms with Gasteiger partial charge in [-0.25, -0.2) is 0 Å². The molecule has 0 saturated heterocycles. The molecule has 0 radical (unpaired) electrons. The molecule has 0 spiro atoms. The van der Waals surface area contributed by atoms with Crippen molar-refractivity contribution in [3.05, 3.63) is 29.8 Å². The summed E-state index contributed by atoms with van der Waals surface area (Å²) in [6.45, 7) is 5.74. The molecule has 1 N–H and O–H groups in total. The fraction of sp³-hybridized carbons (Fsp3) is 0.562. The summed E-state index contributed by atoms with van der Waals surface area (Å²) in [5.74, 6) is 0.941. The Bertz CT molecular complexity index is 451. The average Bonchev–Trinajstić information content (AvgIpc) is 2.36. The number of aliphatic hydroxyl groups is 1. The maximum atomic E-state index is 12.1. The summed E-state index contributed by atoms with van der Waals surface area (Å²) in [4.78, 5) is 13.7. The third kappa shape index (κ3) is 5.21. The number of nitrogens with zero attached hydrogens (tertiary/aromatic N) is 1. The Morgan fingerprint density at radius 1 is 1.45 bits per heavy atom. The second-order valence-electron chi connectivity index (χ2n) is 5.94. The van der Waals surface area contributed by atoms with E-state index in [1.165, 1.54) is 0 Å². The van der Waals surface area contributed by atoms with Gasteiger partial charge in [-0.3, -0.25) is 4.79 Å². The van der Waals surface area contributed by atoms with Gasteiger partial charge in [-0.05, 0) is 37.5 Å². The standard InChI is InChI=1S/C16H25NO3/c1-12(13-7-6-8-14(10-13)20-5)9-15(18)17(4)11-16(2,3)19/h6-8,10,12,19H,9,11H2,1-5H3. The van der Waals surface area contributed by atoms with Gasteiger partial charge in [0.05, 0.1) is 12.7 Å². The number of likely N-dealkylation sites (N-methyl/N-ethyl adjacent to an activating group) is 1. The summed E-state index contributed by atoms with van der Waals surface area (Å²) < 4.78 is 5.19. The number of hydrogen-bond donors (Lipinski definition) is 1. The first-order chi connectivity index (χ1) is 9.23. The van der Waals surface area contributed by atoms with E-state index in [0.717, 1.165) is 11.3 Å². The van der Waals surface area contributed by atoms with Crippen LogP contribution in [0, 0.1) is 0 Å². The molecule has 20 heavy (non-hydrogen) atoms.